The van der Waals surface area contributed by atoms with E-state index in [4.69, 9.17) is 0 Å². The van der Waals surface area contributed by atoms with E-state index in [2.05, 4.69) is 29.1 Å². The Morgan fingerprint density at radius 2 is 2.21 bits per heavy atom. The summed E-state index contributed by atoms with van der Waals surface area (Å²) in [5.41, 5.74) is 0. The van der Waals surface area contributed by atoms with Crippen LogP contribution in [0.25, 0.3) is 0 Å². The Morgan fingerprint density at radius 1 is 1.50 bits per heavy atom. The molecule has 0 atom stereocenters. The third-order valence-electron chi connectivity index (χ3n) is 1.88. The first-order valence-electron chi connectivity index (χ1n) is 4.30. The fourth-order valence-corrected chi connectivity index (χ4v) is 1.02. The molecule has 1 aromatic rings. The fourth-order valence-electron chi connectivity index (χ4n) is 0.806. The summed E-state index contributed by atoms with van der Waals surface area (Å²) in [7, 11) is 0. The molecule has 0 aliphatic carbocycles. The maximum Gasteiger partial charge on any atom is 0.217 e. The Balaban J connectivity index is 2.54. The van der Waals surface area contributed by atoms with Gasteiger partial charge in [0, 0.05) is 17.4 Å². The predicted octanol–water partition coefficient (Wildman–Crippen LogP) is 2.17. The van der Waals surface area contributed by atoms with Crippen molar-refractivity contribution < 1.29 is 4.39 Å². The van der Waals surface area contributed by atoms with Crippen LogP contribution in [0, 0.1) is 5.95 Å². The zero-order valence-corrected chi connectivity index (χ0v) is 9.36. The van der Waals surface area contributed by atoms with Gasteiger partial charge in [0.25, 0.3) is 0 Å². The van der Waals surface area contributed by atoms with E-state index in [1.54, 1.807) is 11.8 Å². The quantitative estimate of drug-likeness (QED) is 0.781. The van der Waals surface area contributed by atoms with Gasteiger partial charge in [-0.25, -0.2) is 9.97 Å². The average molecular weight is 215 g/mol. The highest BCUT2D eigenvalue weighted by Crippen LogP contribution is 2.21. The first kappa shape index (κ1) is 11.2. The molecule has 0 aliphatic rings. The van der Waals surface area contributed by atoms with Crippen molar-refractivity contribution in [2.45, 2.75) is 18.6 Å². The number of hydrogen-bond donors (Lipinski definition) is 1. The van der Waals surface area contributed by atoms with Gasteiger partial charge in [-0.3, -0.25) is 0 Å². The van der Waals surface area contributed by atoms with Gasteiger partial charge in [-0.05, 0) is 20.1 Å². The van der Waals surface area contributed by atoms with Crippen LogP contribution in [0.15, 0.2) is 12.4 Å². The lowest BCUT2D eigenvalue weighted by atomic mass is 10.2. The van der Waals surface area contributed by atoms with Crippen molar-refractivity contribution in [1.29, 1.82) is 0 Å². The molecule has 0 fully saturated rings. The molecule has 5 heteroatoms. The number of halogens is 1. The van der Waals surface area contributed by atoms with E-state index in [0.717, 1.165) is 6.54 Å². The molecule has 78 valence electrons. The van der Waals surface area contributed by atoms with Crippen molar-refractivity contribution in [2.75, 3.05) is 18.1 Å². The van der Waals surface area contributed by atoms with Crippen LogP contribution in [0.2, 0.25) is 0 Å². The Morgan fingerprint density at radius 3 is 2.79 bits per heavy atom. The lowest BCUT2D eigenvalue weighted by Gasteiger charge is -2.22. The number of aromatic nitrogens is 2. The Labute approximate surface area is 87.5 Å². The minimum atomic E-state index is -0.510. The van der Waals surface area contributed by atoms with Gasteiger partial charge in [0.05, 0.1) is 0 Å². The molecule has 0 aromatic carbocycles. The van der Waals surface area contributed by atoms with Crippen LogP contribution in [-0.2, 0) is 0 Å². The summed E-state index contributed by atoms with van der Waals surface area (Å²) in [6.45, 7) is 4.97. The zero-order valence-electron chi connectivity index (χ0n) is 8.54. The van der Waals surface area contributed by atoms with Crippen molar-refractivity contribution >= 4 is 17.6 Å². The Bertz CT molecular complexity index is 304. The van der Waals surface area contributed by atoms with Gasteiger partial charge in [0.15, 0.2) is 0 Å². The lowest BCUT2D eigenvalue weighted by molar-refractivity contribution is 0.580. The molecule has 0 saturated carbocycles. The molecular formula is C9H14FN3S. The smallest absolute Gasteiger partial charge is 0.217 e. The maximum atomic E-state index is 12.7. The number of thioether (sulfide) groups is 1. The summed E-state index contributed by atoms with van der Waals surface area (Å²) in [5.74, 6) is 0.0177. The van der Waals surface area contributed by atoms with E-state index in [-0.39, 0.29) is 4.75 Å². The van der Waals surface area contributed by atoms with Gasteiger partial charge in [0.1, 0.15) is 12.1 Å². The average Bonchev–Trinajstić information content (AvgIpc) is 2.15. The minimum absolute atomic E-state index is 0.113. The van der Waals surface area contributed by atoms with E-state index in [1.165, 1.54) is 12.4 Å². The molecule has 1 N–H and O–H groups in total. The van der Waals surface area contributed by atoms with Crippen LogP contribution in [0.1, 0.15) is 13.8 Å². The van der Waals surface area contributed by atoms with Gasteiger partial charge in [-0.2, -0.15) is 16.2 Å². The number of anilines is 1. The van der Waals surface area contributed by atoms with Gasteiger partial charge in [-0.15, -0.1) is 0 Å². The van der Waals surface area contributed by atoms with Crippen LogP contribution in [0.3, 0.4) is 0 Å². The number of nitrogens with one attached hydrogen (secondary N) is 1. The van der Waals surface area contributed by atoms with Gasteiger partial charge < -0.3 is 5.32 Å². The third kappa shape index (κ3) is 3.49. The fraction of sp³-hybridized carbons (Fsp3) is 0.556. The highest BCUT2D eigenvalue weighted by atomic mass is 32.2. The molecule has 0 amide bonds. The molecule has 1 heterocycles. The summed E-state index contributed by atoms with van der Waals surface area (Å²) in [5, 5.41) is 3.06. The molecule has 0 spiro atoms. The van der Waals surface area contributed by atoms with Crippen LogP contribution in [0.4, 0.5) is 10.2 Å². The van der Waals surface area contributed by atoms with Crippen LogP contribution >= 0.6 is 11.8 Å². The van der Waals surface area contributed by atoms with Crippen molar-refractivity contribution in [2.24, 2.45) is 0 Å². The predicted molar refractivity (Wildman–Crippen MR) is 58.1 cm³/mol. The largest absolute Gasteiger partial charge is 0.369 e. The van der Waals surface area contributed by atoms with Crippen molar-refractivity contribution in [1.82, 2.24) is 9.97 Å². The number of hydrogen-bond acceptors (Lipinski definition) is 4. The number of rotatable bonds is 4. The van der Waals surface area contributed by atoms with E-state index >= 15 is 0 Å². The Hall–Kier alpha value is -0.840. The number of nitrogens with zero attached hydrogens (tertiary/aromatic N) is 2. The topological polar surface area (TPSA) is 37.8 Å². The summed E-state index contributed by atoms with van der Waals surface area (Å²) in [6.07, 6.45) is 3.26. The standard InChI is InChI=1S/C9H14FN3S/c1-9(2,14-3)5-11-8-4-7(10)12-6-13-8/h4,6H,5H2,1-3H3,(H,11,12,13). The van der Waals surface area contributed by atoms with Gasteiger partial charge in [-0.1, -0.05) is 0 Å². The SMILES string of the molecule is CSC(C)(C)CNc1cc(F)ncn1. The second-order valence-corrected chi connectivity index (χ2v) is 5.06. The summed E-state index contributed by atoms with van der Waals surface area (Å²) in [4.78, 5) is 7.29. The van der Waals surface area contributed by atoms with E-state index in [1.807, 2.05) is 6.26 Å². The molecule has 0 unspecified atom stereocenters. The maximum absolute atomic E-state index is 12.7. The molecule has 0 bridgehead atoms. The summed E-state index contributed by atoms with van der Waals surface area (Å²) < 4.78 is 12.8. The zero-order chi connectivity index (χ0) is 10.6. The summed E-state index contributed by atoms with van der Waals surface area (Å²) >= 11 is 1.75. The Kier molecular flexibility index (Phi) is 3.69. The van der Waals surface area contributed by atoms with Crippen LogP contribution < -0.4 is 5.32 Å². The third-order valence-corrected chi connectivity index (χ3v) is 3.13. The lowest BCUT2D eigenvalue weighted by Crippen LogP contribution is -2.26. The highest BCUT2D eigenvalue weighted by molar-refractivity contribution is 7.99. The summed E-state index contributed by atoms with van der Waals surface area (Å²) in [6, 6.07) is 1.29. The minimum Gasteiger partial charge on any atom is -0.369 e. The first-order valence-corrected chi connectivity index (χ1v) is 5.52. The van der Waals surface area contributed by atoms with Crippen molar-refractivity contribution in [3.05, 3.63) is 18.3 Å². The molecule has 1 rings (SSSR count). The molecule has 1 aromatic heterocycles. The van der Waals surface area contributed by atoms with Gasteiger partial charge >= 0.3 is 0 Å². The normalized spacial score (nSPS) is 11.4. The molecule has 0 aliphatic heterocycles. The van der Waals surface area contributed by atoms with Crippen molar-refractivity contribution in [3.8, 4) is 0 Å². The monoisotopic (exact) mass is 215 g/mol. The van der Waals surface area contributed by atoms with Crippen molar-refractivity contribution in [3.63, 3.8) is 0 Å². The molecule has 0 radical (unpaired) electrons. The van der Waals surface area contributed by atoms with Gasteiger partial charge in [0.2, 0.25) is 5.95 Å². The molecule has 3 nitrogen and oxygen atoms in total. The first-order chi connectivity index (χ1) is 6.53. The molecular weight excluding hydrogens is 201 g/mol. The van der Waals surface area contributed by atoms with E-state index in [9.17, 15) is 4.39 Å². The van der Waals surface area contributed by atoms with E-state index < -0.39 is 5.95 Å². The highest BCUT2D eigenvalue weighted by Gasteiger charge is 2.15. The van der Waals surface area contributed by atoms with Crippen LogP contribution in [-0.4, -0.2) is 27.5 Å². The van der Waals surface area contributed by atoms with E-state index in [0.29, 0.717) is 5.82 Å². The van der Waals surface area contributed by atoms with Crippen LogP contribution in [0.5, 0.6) is 0 Å². The second kappa shape index (κ2) is 4.59. The second-order valence-electron chi connectivity index (χ2n) is 3.54. The molecule has 0 saturated heterocycles. The molecule has 14 heavy (non-hydrogen) atoms.